The van der Waals surface area contributed by atoms with E-state index in [0.717, 1.165) is 0 Å². The fourth-order valence-electron chi connectivity index (χ4n) is 0.926. The topological polar surface area (TPSA) is 40.5 Å². The second-order valence-corrected chi connectivity index (χ2v) is 2.41. The Morgan fingerprint density at radius 3 is 2.07 bits per heavy atom. The molecule has 0 aliphatic rings. The van der Waals surface area contributed by atoms with E-state index in [1.165, 1.54) is 0 Å². The first-order valence-corrected chi connectivity index (χ1v) is 3.38. The van der Waals surface area contributed by atoms with Gasteiger partial charge in [0.25, 0.3) is 0 Å². The fourth-order valence-corrected chi connectivity index (χ4v) is 0.926. The van der Waals surface area contributed by atoms with Crippen molar-refractivity contribution in [3.8, 4) is 11.5 Å². The van der Waals surface area contributed by atoms with Crippen LogP contribution in [0.2, 0.25) is 0 Å². The molecule has 0 aliphatic carbocycles. The molecule has 2 N–H and O–H groups in total. The van der Waals surface area contributed by atoms with Crippen molar-refractivity contribution in [3.05, 3.63) is 29.4 Å². The Kier molecular flexibility index (Phi) is 2.83. The molecule has 0 spiro atoms. The molecule has 0 bridgehead atoms. The van der Waals surface area contributed by atoms with E-state index in [2.05, 4.69) is 0 Å². The highest BCUT2D eigenvalue weighted by Crippen LogP contribution is 2.37. The SMILES string of the molecule is Oc1c(F)c(F)c([C]F)c(O)c1CF. The number of rotatable bonds is 2. The lowest BCUT2D eigenvalue weighted by molar-refractivity contribution is 0.360. The molecule has 1 aromatic carbocycles. The highest BCUT2D eigenvalue weighted by molar-refractivity contribution is 5.51. The third kappa shape index (κ3) is 1.36. The lowest BCUT2D eigenvalue weighted by Gasteiger charge is -2.08. The summed E-state index contributed by atoms with van der Waals surface area (Å²) in [7, 11) is 0. The van der Waals surface area contributed by atoms with Gasteiger partial charge in [-0.05, 0) is 0 Å². The van der Waals surface area contributed by atoms with Crippen LogP contribution in [0.4, 0.5) is 17.6 Å². The molecule has 0 aromatic heterocycles. The van der Waals surface area contributed by atoms with Gasteiger partial charge in [0.2, 0.25) is 12.5 Å². The van der Waals surface area contributed by atoms with Gasteiger partial charge >= 0.3 is 0 Å². The zero-order valence-corrected chi connectivity index (χ0v) is 6.61. The molecule has 14 heavy (non-hydrogen) atoms. The van der Waals surface area contributed by atoms with Crippen LogP contribution in [0.25, 0.3) is 0 Å². The normalized spacial score (nSPS) is 10.6. The monoisotopic (exact) mass is 208 g/mol. The summed E-state index contributed by atoms with van der Waals surface area (Å²) in [5.41, 5.74) is -2.16. The van der Waals surface area contributed by atoms with Crippen molar-refractivity contribution in [1.29, 1.82) is 0 Å². The van der Waals surface area contributed by atoms with Gasteiger partial charge in [-0.1, -0.05) is 0 Å². The van der Waals surface area contributed by atoms with Crippen LogP contribution in [-0.2, 0) is 6.67 Å². The molecule has 0 atom stereocenters. The van der Waals surface area contributed by atoms with E-state index < -0.39 is 40.9 Å². The smallest absolute Gasteiger partial charge is 0.226 e. The third-order valence-corrected chi connectivity index (χ3v) is 1.66. The van der Waals surface area contributed by atoms with Crippen LogP contribution in [0.3, 0.4) is 0 Å². The Labute approximate surface area is 76.4 Å². The summed E-state index contributed by atoms with van der Waals surface area (Å²) in [5.74, 6) is -6.22. The van der Waals surface area contributed by atoms with Crippen molar-refractivity contribution in [3.63, 3.8) is 0 Å². The first-order valence-electron chi connectivity index (χ1n) is 3.38. The number of halogens is 4. The molecule has 0 heterocycles. The van der Waals surface area contributed by atoms with E-state index in [1.807, 2.05) is 0 Å². The van der Waals surface area contributed by atoms with Crippen LogP contribution in [0.5, 0.6) is 11.5 Å². The largest absolute Gasteiger partial charge is 0.507 e. The molecule has 6 heteroatoms. The molecule has 0 saturated heterocycles. The number of hydrogen-bond acceptors (Lipinski definition) is 2. The fraction of sp³-hybridized carbons (Fsp3) is 0.125. The standard InChI is InChI=1S/C8H4F4O2/c9-1-3-5(11)6(12)8(14)4(2-10)7(3)13/h13-14H,2H2. The lowest BCUT2D eigenvalue weighted by Crippen LogP contribution is -1.97. The van der Waals surface area contributed by atoms with Crippen LogP contribution in [0.1, 0.15) is 11.1 Å². The van der Waals surface area contributed by atoms with Crippen LogP contribution in [0.15, 0.2) is 0 Å². The van der Waals surface area contributed by atoms with Crippen molar-refractivity contribution in [2.45, 2.75) is 6.67 Å². The number of hydrogen-bond donors (Lipinski definition) is 2. The molecule has 0 aliphatic heterocycles. The minimum atomic E-state index is -1.82. The van der Waals surface area contributed by atoms with Crippen LogP contribution in [-0.4, -0.2) is 10.2 Å². The van der Waals surface area contributed by atoms with Gasteiger partial charge in [0.15, 0.2) is 11.6 Å². The number of aromatic hydroxyl groups is 2. The molecule has 0 unspecified atom stereocenters. The van der Waals surface area contributed by atoms with Crippen molar-refractivity contribution in [2.75, 3.05) is 0 Å². The van der Waals surface area contributed by atoms with Crippen molar-refractivity contribution in [2.24, 2.45) is 0 Å². The van der Waals surface area contributed by atoms with Crippen LogP contribution in [0, 0.1) is 18.3 Å². The van der Waals surface area contributed by atoms with E-state index >= 15 is 0 Å². The minimum absolute atomic E-state index is 0.664. The number of phenols is 2. The lowest BCUT2D eigenvalue weighted by atomic mass is 10.1. The molecule has 1 rings (SSSR count). The third-order valence-electron chi connectivity index (χ3n) is 1.66. The first-order chi connectivity index (χ1) is 6.54. The average molecular weight is 208 g/mol. The average Bonchev–Trinajstić information content (AvgIpc) is 2.16. The molecule has 2 nitrogen and oxygen atoms in total. The highest BCUT2D eigenvalue weighted by atomic mass is 19.2. The van der Waals surface area contributed by atoms with Crippen LogP contribution < -0.4 is 0 Å². The second kappa shape index (κ2) is 3.73. The van der Waals surface area contributed by atoms with Gasteiger partial charge in [0.1, 0.15) is 12.4 Å². The Hall–Kier alpha value is -1.46. The van der Waals surface area contributed by atoms with Crippen LogP contribution >= 0.6 is 0 Å². The van der Waals surface area contributed by atoms with Gasteiger partial charge in [0, 0.05) is 0 Å². The van der Waals surface area contributed by atoms with E-state index in [1.54, 1.807) is 0 Å². The summed E-state index contributed by atoms with van der Waals surface area (Å²) in [6.45, 7) is -0.791. The zero-order valence-electron chi connectivity index (χ0n) is 6.61. The van der Waals surface area contributed by atoms with Crippen molar-refractivity contribution < 1.29 is 27.8 Å². The van der Waals surface area contributed by atoms with Gasteiger partial charge in [-0.2, -0.15) is 4.39 Å². The summed E-state index contributed by atoms with van der Waals surface area (Å²) in [6.07, 6.45) is 0. The Balaban J connectivity index is 3.56. The predicted molar refractivity (Wildman–Crippen MR) is 38.0 cm³/mol. The zero-order chi connectivity index (χ0) is 10.9. The first kappa shape index (κ1) is 10.6. The quantitative estimate of drug-likeness (QED) is 0.731. The van der Waals surface area contributed by atoms with E-state index in [-0.39, 0.29) is 0 Å². The van der Waals surface area contributed by atoms with Gasteiger partial charge < -0.3 is 10.2 Å². The number of benzene rings is 1. The molecule has 0 amide bonds. The summed E-state index contributed by atoms with van der Waals surface area (Å²) in [4.78, 5) is 0. The number of phenolic OH excluding ortho intramolecular Hbond substituents is 2. The van der Waals surface area contributed by atoms with Gasteiger partial charge in [-0.25, -0.2) is 13.2 Å². The predicted octanol–water partition coefficient (Wildman–Crippen LogP) is 2.20. The molecular formula is C8H4F4O2. The van der Waals surface area contributed by atoms with Crippen molar-refractivity contribution >= 4 is 0 Å². The summed E-state index contributed by atoms with van der Waals surface area (Å²) in [5, 5.41) is 17.8. The minimum Gasteiger partial charge on any atom is -0.507 e. The van der Waals surface area contributed by atoms with E-state index in [9.17, 15) is 17.6 Å². The molecule has 1 aromatic rings. The van der Waals surface area contributed by atoms with Gasteiger partial charge in [0.05, 0.1) is 11.1 Å². The maximum atomic E-state index is 12.7. The molecular weight excluding hydrogens is 204 g/mol. The maximum absolute atomic E-state index is 12.7. The Bertz CT molecular complexity index is 334. The highest BCUT2D eigenvalue weighted by Gasteiger charge is 2.24. The van der Waals surface area contributed by atoms with Gasteiger partial charge in [-0.3, -0.25) is 0 Å². The summed E-state index contributed by atoms with van der Waals surface area (Å²) >= 11 is 0. The summed E-state index contributed by atoms with van der Waals surface area (Å²) < 4.78 is 49.4. The van der Waals surface area contributed by atoms with E-state index in [0.29, 0.717) is 6.67 Å². The Morgan fingerprint density at radius 2 is 1.64 bits per heavy atom. The van der Waals surface area contributed by atoms with Gasteiger partial charge in [-0.15, -0.1) is 0 Å². The van der Waals surface area contributed by atoms with E-state index in [4.69, 9.17) is 10.2 Å². The second-order valence-electron chi connectivity index (χ2n) is 2.41. The molecule has 2 radical (unpaired) electrons. The molecule has 0 fully saturated rings. The molecule has 76 valence electrons. The summed E-state index contributed by atoms with van der Waals surface area (Å²) in [6, 6.07) is 0. The molecule has 0 saturated carbocycles. The van der Waals surface area contributed by atoms with Crippen molar-refractivity contribution in [1.82, 2.24) is 0 Å². The Morgan fingerprint density at radius 1 is 1.07 bits per heavy atom. The maximum Gasteiger partial charge on any atom is 0.226 e. The number of alkyl halides is 1.